The predicted molar refractivity (Wildman–Crippen MR) is 173 cm³/mol. The van der Waals surface area contributed by atoms with Crippen LogP contribution in [0.4, 0.5) is 17.1 Å². The molecule has 3 aromatic carbocycles. The molecule has 0 fully saturated rings. The topological polar surface area (TPSA) is 173 Å². The first-order chi connectivity index (χ1) is 21.7. The molecule has 0 saturated heterocycles. The summed E-state index contributed by atoms with van der Waals surface area (Å²) in [4.78, 5) is 39.4. The smallest absolute Gasteiger partial charge is 0.337 e. The van der Waals surface area contributed by atoms with Gasteiger partial charge in [-0.2, -0.15) is 5.10 Å². The van der Waals surface area contributed by atoms with Crippen LogP contribution < -0.4 is 15.5 Å². The molecule has 6 N–H and O–H groups in total. The summed E-state index contributed by atoms with van der Waals surface area (Å²) in [6.07, 6.45) is 2.17. The Morgan fingerprint density at radius 1 is 0.933 bits per heavy atom. The summed E-state index contributed by atoms with van der Waals surface area (Å²) in [5.74, 6) is -1.86. The van der Waals surface area contributed by atoms with E-state index >= 15 is 0 Å². The molecule has 0 radical (unpaired) electrons. The second-order valence-corrected chi connectivity index (χ2v) is 10.6. The molecule has 45 heavy (non-hydrogen) atoms. The van der Waals surface area contributed by atoms with Crippen LogP contribution in [0.3, 0.4) is 0 Å². The van der Waals surface area contributed by atoms with Gasteiger partial charge in [0.1, 0.15) is 11.0 Å². The van der Waals surface area contributed by atoms with E-state index in [0.29, 0.717) is 32.0 Å². The van der Waals surface area contributed by atoms with Crippen molar-refractivity contribution in [1.82, 2.24) is 25.0 Å². The standard InChI is InChI=1S/C30H28N8O5S2/c1-43-27(29(41)42)19-4-10-22(11-5-19)37(15-25(39)33-20-6-2-18(3-7-20)24-14-31-35-28(24)44)16-26(40)34-21-8-12-23(13-9-21)38-17-32-36-30(38)45/h2-14,17,27H,15-16H2,1H3,(H,33,39)(H,34,40)(H,36,45)(H,41,42)(H2,31,35,44). The fourth-order valence-corrected chi connectivity index (χ4v) is 5.06. The number of carbonyl (C=O) groups is 3. The number of carboxylic acids is 1. The van der Waals surface area contributed by atoms with Crippen molar-refractivity contribution in [3.05, 3.63) is 100 Å². The van der Waals surface area contributed by atoms with Gasteiger partial charge in [-0.05, 0) is 71.9 Å². The molecule has 2 heterocycles. The number of anilines is 3. The van der Waals surface area contributed by atoms with Gasteiger partial charge in [-0.1, -0.05) is 36.5 Å². The molecule has 0 aliphatic heterocycles. The fourth-order valence-electron chi connectivity index (χ4n) is 4.62. The Hall–Kier alpha value is -5.38. The van der Waals surface area contributed by atoms with Crippen LogP contribution in [-0.4, -0.2) is 68.1 Å². The molecule has 0 aliphatic carbocycles. The lowest BCUT2D eigenvalue weighted by atomic mass is 10.1. The fraction of sp³-hybridized carbons (Fsp3) is 0.133. The lowest BCUT2D eigenvalue weighted by Crippen LogP contribution is -2.39. The Balaban J connectivity index is 1.30. The number of nitrogens with one attached hydrogen (secondary N) is 5. The first-order valence-corrected chi connectivity index (χ1v) is 14.3. The number of benzene rings is 3. The third-order valence-corrected chi connectivity index (χ3v) is 7.41. The summed E-state index contributed by atoms with van der Waals surface area (Å²) < 4.78 is 7.77. The van der Waals surface area contributed by atoms with Crippen LogP contribution in [0, 0.1) is 9.41 Å². The van der Waals surface area contributed by atoms with Crippen LogP contribution in [-0.2, 0) is 19.1 Å². The number of carboxylic acid groups (broad SMARTS) is 1. The molecule has 1 atom stereocenters. The van der Waals surface area contributed by atoms with Crippen LogP contribution >= 0.6 is 24.4 Å². The highest BCUT2D eigenvalue weighted by Gasteiger charge is 2.21. The van der Waals surface area contributed by atoms with Crippen LogP contribution in [0.1, 0.15) is 11.7 Å². The molecular weight excluding hydrogens is 617 g/mol. The van der Waals surface area contributed by atoms with E-state index in [2.05, 4.69) is 31.0 Å². The van der Waals surface area contributed by atoms with E-state index in [1.54, 1.807) is 82.7 Å². The van der Waals surface area contributed by atoms with Crippen LogP contribution in [0.15, 0.2) is 85.3 Å². The molecule has 2 amide bonds. The second kappa shape index (κ2) is 13.9. The Morgan fingerprint density at radius 3 is 2.02 bits per heavy atom. The highest BCUT2D eigenvalue weighted by molar-refractivity contribution is 7.71. The summed E-state index contributed by atoms with van der Waals surface area (Å²) in [7, 11) is 1.31. The lowest BCUT2D eigenvalue weighted by molar-refractivity contribution is -0.148. The Labute approximate surface area is 266 Å². The van der Waals surface area contributed by atoms with Crippen molar-refractivity contribution in [2.45, 2.75) is 6.10 Å². The Morgan fingerprint density at radius 2 is 1.53 bits per heavy atom. The number of hydrogen-bond acceptors (Lipinski definition) is 8. The molecule has 0 spiro atoms. The molecule has 1 unspecified atom stereocenters. The zero-order chi connectivity index (χ0) is 31.9. The largest absolute Gasteiger partial charge is 0.479 e. The minimum absolute atomic E-state index is 0.165. The molecule has 5 rings (SSSR count). The average Bonchev–Trinajstić information content (AvgIpc) is 3.66. The van der Waals surface area contributed by atoms with Gasteiger partial charge in [-0.3, -0.25) is 24.4 Å². The molecule has 2 aromatic heterocycles. The van der Waals surface area contributed by atoms with E-state index in [4.69, 9.17) is 29.2 Å². The van der Waals surface area contributed by atoms with Crippen molar-refractivity contribution < 1.29 is 24.2 Å². The van der Waals surface area contributed by atoms with Gasteiger partial charge in [-0.15, -0.1) is 0 Å². The van der Waals surface area contributed by atoms with E-state index in [0.717, 1.165) is 16.8 Å². The maximum absolute atomic E-state index is 13.2. The second-order valence-electron chi connectivity index (χ2n) is 9.81. The van der Waals surface area contributed by atoms with Gasteiger partial charge >= 0.3 is 5.97 Å². The number of aromatic nitrogens is 5. The minimum Gasteiger partial charge on any atom is -0.479 e. The van der Waals surface area contributed by atoms with Crippen molar-refractivity contribution in [3.8, 4) is 16.8 Å². The van der Waals surface area contributed by atoms with Gasteiger partial charge in [0, 0.05) is 41.6 Å². The summed E-state index contributed by atoms with van der Waals surface area (Å²) in [6.45, 7) is -0.333. The van der Waals surface area contributed by atoms with Crippen LogP contribution in [0.2, 0.25) is 0 Å². The molecule has 230 valence electrons. The number of H-pyrrole nitrogens is 3. The maximum Gasteiger partial charge on any atom is 0.337 e. The van der Waals surface area contributed by atoms with Crippen molar-refractivity contribution in [2.24, 2.45) is 0 Å². The number of ether oxygens (including phenoxy) is 1. The van der Waals surface area contributed by atoms with Crippen molar-refractivity contribution in [1.29, 1.82) is 0 Å². The molecule has 13 nitrogen and oxygen atoms in total. The highest BCUT2D eigenvalue weighted by Crippen LogP contribution is 2.24. The normalized spacial score (nSPS) is 11.5. The van der Waals surface area contributed by atoms with Crippen LogP contribution in [0.25, 0.3) is 16.8 Å². The number of carbonyl (C=O) groups excluding carboxylic acids is 2. The van der Waals surface area contributed by atoms with E-state index < -0.39 is 12.1 Å². The summed E-state index contributed by atoms with van der Waals surface area (Å²) in [5, 5.41) is 27.4. The number of aromatic amines is 3. The SMILES string of the molecule is COC(C(=O)O)c1ccc(N(CC(=O)Nc2ccc(-c3c[nH][nH]c3=S)cc2)CC(=O)Nc2ccc(-n3cn[nH]c3=S)cc2)cc1. The maximum atomic E-state index is 13.2. The first-order valence-electron chi connectivity index (χ1n) is 13.5. The zero-order valence-corrected chi connectivity index (χ0v) is 25.4. The quantitative estimate of drug-likeness (QED) is 0.104. The monoisotopic (exact) mass is 644 g/mol. The number of hydrogen-bond donors (Lipinski definition) is 6. The van der Waals surface area contributed by atoms with E-state index in [9.17, 15) is 19.5 Å². The van der Waals surface area contributed by atoms with Gasteiger partial charge in [0.2, 0.25) is 11.8 Å². The number of aliphatic carboxylic acids is 1. The van der Waals surface area contributed by atoms with Crippen molar-refractivity contribution in [3.63, 3.8) is 0 Å². The Bertz CT molecular complexity index is 1800. The summed E-state index contributed by atoms with van der Waals surface area (Å²) >= 11 is 10.5. The number of methoxy groups -OCH3 is 1. The van der Waals surface area contributed by atoms with Crippen molar-refractivity contribution in [2.75, 3.05) is 35.7 Å². The van der Waals surface area contributed by atoms with Gasteiger partial charge in [0.15, 0.2) is 10.9 Å². The molecule has 15 heteroatoms. The third kappa shape index (κ3) is 7.59. The third-order valence-electron chi connectivity index (χ3n) is 6.80. The number of nitrogens with zero attached hydrogens (tertiary/aromatic N) is 3. The van der Waals surface area contributed by atoms with E-state index in [-0.39, 0.29) is 24.9 Å². The van der Waals surface area contributed by atoms with Crippen molar-refractivity contribution >= 4 is 59.3 Å². The highest BCUT2D eigenvalue weighted by atomic mass is 32.1. The molecule has 5 aromatic rings. The van der Waals surface area contributed by atoms with Gasteiger partial charge in [-0.25, -0.2) is 4.79 Å². The van der Waals surface area contributed by atoms with E-state index in [1.807, 2.05) is 12.1 Å². The van der Waals surface area contributed by atoms with Crippen LogP contribution in [0.5, 0.6) is 0 Å². The Kier molecular flexibility index (Phi) is 9.62. The first kappa shape index (κ1) is 31.1. The van der Waals surface area contributed by atoms with E-state index in [1.165, 1.54) is 7.11 Å². The molecule has 0 aliphatic rings. The number of rotatable bonds is 12. The molecule has 0 bridgehead atoms. The zero-order valence-electron chi connectivity index (χ0n) is 23.8. The molecular formula is C30H28N8O5S2. The van der Waals surface area contributed by atoms with Gasteiger partial charge in [0.25, 0.3) is 0 Å². The lowest BCUT2D eigenvalue weighted by Gasteiger charge is -2.24. The summed E-state index contributed by atoms with van der Waals surface area (Å²) in [6, 6.07) is 20.7. The van der Waals surface area contributed by atoms with Gasteiger partial charge in [0.05, 0.1) is 13.1 Å². The predicted octanol–water partition coefficient (Wildman–Crippen LogP) is 4.84. The summed E-state index contributed by atoms with van der Waals surface area (Å²) in [5.41, 5.74) is 4.55. The number of amides is 2. The molecule has 0 saturated carbocycles. The minimum atomic E-state index is -1.15. The average molecular weight is 645 g/mol. The van der Waals surface area contributed by atoms with Gasteiger partial charge < -0.3 is 30.5 Å².